The zero-order valence-electron chi connectivity index (χ0n) is 21.8. The zero-order valence-corrected chi connectivity index (χ0v) is 21.8. The van der Waals surface area contributed by atoms with E-state index in [1.165, 1.54) is 0 Å². The number of carbonyl (C=O) groups is 2. The average Bonchev–Trinajstić information content (AvgIpc) is 3.12. The van der Waals surface area contributed by atoms with Gasteiger partial charge in [-0.25, -0.2) is 0 Å². The number of amides is 2. The van der Waals surface area contributed by atoms with Crippen LogP contribution in [-0.2, 0) is 19.6 Å². The van der Waals surface area contributed by atoms with Crippen LogP contribution < -0.4 is 16.4 Å². The SMILES string of the molecule is Cc1ccc(C(=O)Nc2cc(C(=O)NCc3ccc(CN)cc3)ccc2CN2CCCN(C)CC2)cc1. The minimum atomic E-state index is -0.186. The lowest BCUT2D eigenvalue weighted by Gasteiger charge is -2.22. The van der Waals surface area contributed by atoms with Gasteiger partial charge >= 0.3 is 0 Å². The van der Waals surface area contributed by atoms with E-state index in [4.69, 9.17) is 5.73 Å². The summed E-state index contributed by atoms with van der Waals surface area (Å²) in [5, 5.41) is 6.06. The van der Waals surface area contributed by atoms with Crippen molar-refractivity contribution in [3.05, 3.63) is 100 Å². The van der Waals surface area contributed by atoms with Gasteiger partial charge in [0.15, 0.2) is 0 Å². The lowest BCUT2D eigenvalue weighted by molar-refractivity contribution is 0.0949. The summed E-state index contributed by atoms with van der Waals surface area (Å²) in [4.78, 5) is 30.8. The number of aryl methyl sites for hydroxylation is 1. The first-order valence-corrected chi connectivity index (χ1v) is 12.9. The minimum Gasteiger partial charge on any atom is -0.348 e. The molecule has 1 fully saturated rings. The number of nitrogens with one attached hydrogen (secondary N) is 2. The summed E-state index contributed by atoms with van der Waals surface area (Å²) < 4.78 is 0. The maximum atomic E-state index is 13.1. The second-order valence-corrected chi connectivity index (χ2v) is 9.83. The molecule has 0 radical (unpaired) electrons. The molecule has 0 aliphatic carbocycles. The minimum absolute atomic E-state index is 0.184. The topological polar surface area (TPSA) is 90.7 Å². The molecule has 0 unspecified atom stereocenters. The maximum absolute atomic E-state index is 13.1. The van der Waals surface area contributed by atoms with Crippen molar-refractivity contribution in [2.45, 2.75) is 33.0 Å². The molecule has 194 valence electrons. The van der Waals surface area contributed by atoms with Crippen LogP contribution in [0.4, 0.5) is 5.69 Å². The first kappa shape index (κ1) is 26.5. The molecule has 1 saturated heterocycles. The van der Waals surface area contributed by atoms with E-state index >= 15 is 0 Å². The number of hydrogen-bond acceptors (Lipinski definition) is 5. The van der Waals surface area contributed by atoms with Gasteiger partial charge in [0.1, 0.15) is 0 Å². The Morgan fingerprint density at radius 1 is 0.838 bits per heavy atom. The van der Waals surface area contributed by atoms with Crippen LogP contribution >= 0.6 is 0 Å². The van der Waals surface area contributed by atoms with Crippen LogP contribution in [0.5, 0.6) is 0 Å². The van der Waals surface area contributed by atoms with Gasteiger partial charge in [-0.2, -0.15) is 0 Å². The van der Waals surface area contributed by atoms with E-state index in [0.29, 0.717) is 36.4 Å². The predicted octanol–water partition coefficient (Wildman–Crippen LogP) is 3.77. The van der Waals surface area contributed by atoms with Crippen molar-refractivity contribution in [2.75, 3.05) is 38.5 Å². The van der Waals surface area contributed by atoms with E-state index in [9.17, 15) is 9.59 Å². The van der Waals surface area contributed by atoms with E-state index in [2.05, 4.69) is 27.5 Å². The molecule has 0 bridgehead atoms. The van der Waals surface area contributed by atoms with Gasteiger partial charge in [-0.1, -0.05) is 48.0 Å². The monoisotopic (exact) mass is 499 g/mol. The number of nitrogens with zero attached hydrogens (tertiary/aromatic N) is 2. The van der Waals surface area contributed by atoms with Crippen molar-refractivity contribution < 1.29 is 9.59 Å². The summed E-state index contributed by atoms with van der Waals surface area (Å²) in [6.07, 6.45) is 1.11. The fourth-order valence-corrected chi connectivity index (χ4v) is 4.45. The van der Waals surface area contributed by atoms with E-state index in [-0.39, 0.29) is 11.8 Å². The molecule has 3 aromatic rings. The second kappa shape index (κ2) is 12.6. The Bertz CT molecular complexity index is 1210. The lowest BCUT2D eigenvalue weighted by atomic mass is 10.1. The molecule has 7 heteroatoms. The van der Waals surface area contributed by atoms with Crippen molar-refractivity contribution in [1.82, 2.24) is 15.1 Å². The van der Waals surface area contributed by atoms with Crippen molar-refractivity contribution in [3.8, 4) is 0 Å². The van der Waals surface area contributed by atoms with Crippen LogP contribution in [0.1, 0.15) is 49.4 Å². The fraction of sp³-hybridized carbons (Fsp3) is 0.333. The van der Waals surface area contributed by atoms with Crippen molar-refractivity contribution in [1.29, 1.82) is 0 Å². The number of anilines is 1. The number of likely N-dealkylation sites (N-methyl/N-ethyl adjacent to an activating group) is 1. The Morgan fingerprint density at radius 2 is 1.54 bits per heavy atom. The van der Waals surface area contributed by atoms with Crippen molar-refractivity contribution in [2.24, 2.45) is 5.73 Å². The van der Waals surface area contributed by atoms with E-state index < -0.39 is 0 Å². The molecule has 3 aromatic carbocycles. The van der Waals surface area contributed by atoms with Gasteiger partial charge in [0, 0.05) is 49.5 Å². The second-order valence-electron chi connectivity index (χ2n) is 9.83. The van der Waals surface area contributed by atoms with Gasteiger partial charge < -0.3 is 21.3 Å². The first-order valence-electron chi connectivity index (χ1n) is 12.9. The highest BCUT2D eigenvalue weighted by Gasteiger charge is 2.17. The Morgan fingerprint density at radius 3 is 2.27 bits per heavy atom. The van der Waals surface area contributed by atoms with Crippen LogP contribution in [0.15, 0.2) is 66.7 Å². The van der Waals surface area contributed by atoms with Crippen LogP contribution in [0.3, 0.4) is 0 Å². The molecule has 1 aliphatic heterocycles. The van der Waals surface area contributed by atoms with Gasteiger partial charge in [0.05, 0.1) is 0 Å². The fourth-order valence-electron chi connectivity index (χ4n) is 4.45. The van der Waals surface area contributed by atoms with Crippen LogP contribution in [0.25, 0.3) is 0 Å². The quantitative estimate of drug-likeness (QED) is 0.439. The number of nitrogens with two attached hydrogens (primary N) is 1. The molecule has 0 atom stereocenters. The van der Waals surface area contributed by atoms with E-state index in [0.717, 1.165) is 54.9 Å². The molecule has 37 heavy (non-hydrogen) atoms. The Kier molecular flexibility index (Phi) is 9.06. The van der Waals surface area contributed by atoms with Crippen molar-refractivity contribution in [3.63, 3.8) is 0 Å². The molecule has 4 N–H and O–H groups in total. The van der Waals surface area contributed by atoms with Gasteiger partial charge in [0.25, 0.3) is 11.8 Å². The Labute approximate surface area is 219 Å². The smallest absolute Gasteiger partial charge is 0.255 e. The molecule has 4 rings (SSSR count). The largest absolute Gasteiger partial charge is 0.348 e. The number of benzene rings is 3. The van der Waals surface area contributed by atoms with E-state index in [1.54, 1.807) is 6.07 Å². The molecule has 0 aromatic heterocycles. The normalized spacial score (nSPS) is 14.7. The molecule has 1 heterocycles. The average molecular weight is 500 g/mol. The van der Waals surface area contributed by atoms with Crippen LogP contribution in [-0.4, -0.2) is 54.8 Å². The summed E-state index contributed by atoms with van der Waals surface area (Å²) >= 11 is 0. The molecule has 0 spiro atoms. The third-order valence-corrected chi connectivity index (χ3v) is 6.85. The molecule has 2 amide bonds. The standard InChI is InChI=1S/C30H37N5O2/c1-22-4-10-25(11-5-22)30(37)33-28-18-26(29(36)32-20-24-8-6-23(19-31)7-9-24)12-13-27(28)21-35-15-3-14-34(2)16-17-35/h4-13,18H,3,14-17,19-21,31H2,1-2H3,(H,32,36)(H,33,37). The summed E-state index contributed by atoms with van der Waals surface area (Å²) in [7, 11) is 2.15. The molecule has 7 nitrogen and oxygen atoms in total. The third-order valence-electron chi connectivity index (χ3n) is 6.85. The number of rotatable bonds is 8. The summed E-state index contributed by atoms with van der Waals surface area (Å²) in [5.41, 5.74) is 11.6. The van der Waals surface area contributed by atoms with Gasteiger partial charge in [-0.05, 0) is 74.4 Å². The third kappa shape index (κ3) is 7.49. The number of carbonyl (C=O) groups excluding carboxylic acids is 2. The van der Waals surface area contributed by atoms with Gasteiger partial charge in [-0.15, -0.1) is 0 Å². The van der Waals surface area contributed by atoms with Crippen LogP contribution in [0, 0.1) is 6.92 Å². The zero-order chi connectivity index (χ0) is 26.2. The highest BCUT2D eigenvalue weighted by molar-refractivity contribution is 6.05. The highest BCUT2D eigenvalue weighted by Crippen LogP contribution is 2.22. The Hall–Kier alpha value is -3.52. The molecular formula is C30H37N5O2. The molecule has 1 aliphatic rings. The lowest BCUT2D eigenvalue weighted by Crippen LogP contribution is -2.29. The van der Waals surface area contributed by atoms with E-state index in [1.807, 2.05) is 67.6 Å². The molecular weight excluding hydrogens is 462 g/mol. The highest BCUT2D eigenvalue weighted by atomic mass is 16.2. The summed E-state index contributed by atoms with van der Waals surface area (Å²) in [6.45, 7) is 7.68. The predicted molar refractivity (Wildman–Crippen MR) is 148 cm³/mol. The first-order chi connectivity index (χ1) is 17.9. The van der Waals surface area contributed by atoms with Crippen LogP contribution in [0.2, 0.25) is 0 Å². The maximum Gasteiger partial charge on any atom is 0.255 e. The van der Waals surface area contributed by atoms with Gasteiger partial charge in [0.2, 0.25) is 0 Å². The van der Waals surface area contributed by atoms with Crippen molar-refractivity contribution >= 4 is 17.5 Å². The summed E-state index contributed by atoms with van der Waals surface area (Å²) in [6, 6.07) is 21.0. The number of hydrogen-bond donors (Lipinski definition) is 3. The molecule has 0 saturated carbocycles. The summed E-state index contributed by atoms with van der Waals surface area (Å²) in [5.74, 6) is -0.369. The Balaban J connectivity index is 1.52. The van der Waals surface area contributed by atoms with Gasteiger partial charge in [-0.3, -0.25) is 14.5 Å².